The zero-order chi connectivity index (χ0) is 15.5. The predicted molar refractivity (Wildman–Crippen MR) is 87.5 cm³/mol. The van der Waals surface area contributed by atoms with E-state index < -0.39 is 5.54 Å². The molecule has 1 aliphatic heterocycles. The number of carbonyl (C=O) groups excluding carboxylic acids is 1. The predicted octanol–water partition coefficient (Wildman–Crippen LogP) is 3.42. The van der Waals surface area contributed by atoms with E-state index in [0.29, 0.717) is 5.02 Å². The number of hydrogen-bond acceptors (Lipinski definition) is 2. The van der Waals surface area contributed by atoms with Gasteiger partial charge in [-0.3, -0.25) is 4.79 Å². The molecule has 2 rings (SSSR count). The number of benzene rings is 1. The summed E-state index contributed by atoms with van der Waals surface area (Å²) in [6.07, 6.45) is 2.50. The molecule has 1 N–H and O–H groups in total. The first-order valence-corrected chi connectivity index (χ1v) is 8.07. The lowest BCUT2D eigenvalue weighted by molar-refractivity contribution is -0.126. The monoisotopic (exact) mass is 308 g/mol. The van der Waals surface area contributed by atoms with Crippen LogP contribution in [0.2, 0.25) is 5.02 Å². The Balaban J connectivity index is 1.98. The second kappa shape index (κ2) is 6.80. The van der Waals surface area contributed by atoms with E-state index in [4.69, 9.17) is 11.6 Å². The third-order valence-corrected chi connectivity index (χ3v) is 4.49. The largest absolute Gasteiger partial charge is 0.347 e. The number of likely N-dealkylation sites (tertiary alicyclic amines) is 1. The molecule has 1 fully saturated rings. The highest BCUT2D eigenvalue weighted by Gasteiger charge is 2.28. The van der Waals surface area contributed by atoms with Gasteiger partial charge in [-0.2, -0.15) is 0 Å². The Morgan fingerprint density at radius 1 is 1.33 bits per heavy atom. The molecule has 0 radical (unpaired) electrons. The molecule has 1 amide bonds. The number of amides is 1. The van der Waals surface area contributed by atoms with Crippen LogP contribution in [0.4, 0.5) is 0 Å². The summed E-state index contributed by atoms with van der Waals surface area (Å²) in [4.78, 5) is 14.8. The molecule has 1 aromatic carbocycles. The second-order valence-electron chi connectivity index (χ2n) is 6.50. The van der Waals surface area contributed by atoms with E-state index >= 15 is 0 Å². The van der Waals surface area contributed by atoms with E-state index in [1.165, 1.54) is 12.8 Å². The lowest BCUT2D eigenvalue weighted by Crippen LogP contribution is -2.45. The van der Waals surface area contributed by atoms with Gasteiger partial charge in [0.25, 0.3) is 0 Å². The van der Waals surface area contributed by atoms with E-state index in [9.17, 15) is 4.79 Å². The molecule has 0 saturated carbocycles. The minimum atomic E-state index is -0.464. The third kappa shape index (κ3) is 4.21. The van der Waals surface area contributed by atoms with E-state index in [-0.39, 0.29) is 11.8 Å². The fraction of sp³-hybridized carbons (Fsp3) is 0.588. The molecule has 0 bridgehead atoms. The van der Waals surface area contributed by atoms with Gasteiger partial charge < -0.3 is 10.2 Å². The molecule has 116 valence electrons. The smallest absolute Gasteiger partial charge is 0.224 e. The molecule has 3 nitrogen and oxygen atoms in total. The summed E-state index contributed by atoms with van der Waals surface area (Å²) in [5.41, 5.74) is 0.489. The van der Waals surface area contributed by atoms with Gasteiger partial charge >= 0.3 is 0 Å². The first kappa shape index (κ1) is 16.3. The molecule has 1 aliphatic rings. The molecule has 1 heterocycles. The summed E-state index contributed by atoms with van der Waals surface area (Å²) in [7, 11) is 0. The topological polar surface area (TPSA) is 32.3 Å². The number of carbonyl (C=O) groups is 1. The Morgan fingerprint density at radius 3 is 2.57 bits per heavy atom. The maximum absolute atomic E-state index is 12.5. The van der Waals surface area contributed by atoms with Crippen molar-refractivity contribution in [1.82, 2.24) is 10.2 Å². The van der Waals surface area contributed by atoms with Crippen molar-refractivity contribution in [3.63, 3.8) is 0 Å². The molecular weight excluding hydrogens is 284 g/mol. The standard InChI is InChI=1S/C17H25ClN2O/c1-13(12-20-10-6-7-11-20)16(21)19-17(2,3)14-8-4-5-9-15(14)18/h4-5,8-9,13H,6-7,10-12H2,1-3H3,(H,19,21)/t13-/m0/s1. The summed E-state index contributed by atoms with van der Waals surface area (Å²) in [6.45, 7) is 9.06. The van der Waals surface area contributed by atoms with Crippen molar-refractivity contribution >= 4 is 17.5 Å². The molecule has 0 aliphatic carbocycles. The lowest BCUT2D eigenvalue weighted by Gasteiger charge is -2.30. The van der Waals surface area contributed by atoms with Gasteiger partial charge in [-0.15, -0.1) is 0 Å². The van der Waals surface area contributed by atoms with Crippen molar-refractivity contribution in [2.75, 3.05) is 19.6 Å². The number of halogens is 1. The molecule has 1 saturated heterocycles. The van der Waals surface area contributed by atoms with Gasteiger partial charge in [-0.25, -0.2) is 0 Å². The van der Waals surface area contributed by atoms with Crippen molar-refractivity contribution in [2.24, 2.45) is 5.92 Å². The van der Waals surface area contributed by atoms with Crippen LogP contribution in [0.3, 0.4) is 0 Å². The summed E-state index contributed by atoms with van der Waals surface area (Å²) in [6, 6.07) is 7.68. The minimum Gasteiger partial charge on any atom is -0.347 e. The van der Waals surface area contributed by atoms with Crippen molar-refractivity contribution in [2.45, 2.75) is 39.2 Å². The molecular formula is C17H25ClN2O. The average molecular weight is 309 g/mol. The van der Waals surface area contributed by atoms with Crippen molar-refractivity contribution in [1.29, 1.82) is 0 Å². The van der Waals surface area contributed by atoms with Gasteiger partial charge in [0.05, 0.1) is 5.54 Å². The molecule has 0 unspecified atom stereocenters. The molecule has 0 spiro atoms. The summed E-state index contributed by atoms with van der Waals surface area (Å²) in [5, 5.41) is 3.83. The summed E-state index contributed by atoms with van der Waals surface area (Å²) < 4.78 is 0. The van der Waals surface area contributed by atoms with Crippen LogP contribution in [-0.4, -0.2) is 30.4 Å². The zero-order valence-electron chi connectivity index (χ0n) is 13.2. The van der Waals surface area contributed by atoms with Gasteiger partial charge in [0.1, 0.15) is 0 Å². The maximum Gasteiger partial charge on any atom is 0.224 e. The summed E-state index contributed by atoms with van der Waals surface area (Å²) >= 11 is 6.25. The SMILES string of the molecule is C[C@@H](CN1CCCC1)C(=O)NC(C)(C)c1ccccc1Cl. The molecule has 1 aromatic rings. The first-order valence-electron chi connectivity index (χ1n) is 7.69. The second-order valence-corrected chi connectivity index (χ2v) is 6.91. The number of nitrogens with one attached hydrogen (secondary N) is 1. The fourth-order valence-electron chi connectivity index (χ4n) is 2.90. The maximum atomic E-state index is 12.5. The quantitative estimate of drug-likeness (QED) is 0.904. The molecule has 1 atom stereocenters. The van der Waals surface area contributed by atoms with Crippen molar-refractivity contribution in [3.8, 4) is 0 Å². The van der Waals surface area contributed by atoms with E-state index in [0.717, 1.165) is 25.2 Å². The average Bonchev–Trinajstić information content (AvgIpc) is 2.91. The zero-order valence-corrected chi connectivity index (χ0v) is 13.9. The highest BCUT2D eigenvalue weighted by molar-refractivity contribution is 6.31. The highest BCUT2D eigenvalue weighted by atomic mass is 35.5. The van der Waals surface area contributed by atoms with E-state index in [1.54, 1.807) is 0 Å². The Morgan fingerprint density at radius 2 is 1.95 bits per heavy atom. The van der Waals surface area contributed by atoms with Gasteiger partial charge in [0.15, 0.2) is 0 Å². The summed E-state index contributed by atoms with van der Waals surface area (Å²) in [5.74, 6) is 0.0803. The van der Waals surface area contributed by atoms with Crippen molar-refractivity contribution < 1.29 is 4.79 Å². The Bertz CT molecular complexity index is 495. The van der Waals surface area contributed by atoms with Crippen LogP contribution in [-0.2, 0) is 10.3 Å². The highest BCUT2D eigenvalue weighted by Crippen LogP contribution is 2.27. The first-order chi connectivity index (χ1) is 9.90. The van der Waals surface area contributed by atoms with Gasteiger partial charge in [0.2, 0.25) is 5.91 Å². The van der Waals surface area contributed by atoms with Crippen molar-refractivity contribution in [3.05, 3.63) is 34.9 Å². The van der Waals surface area contributed by atoms with Crippen LogP contribution >= 0.6 is 11.6 Å². The van der Waals surface area contributed by atoms with Crippen LogP contribution in [0.1, 0.15) is 39.2 Å². The molecule has 0 aromatic heterocycles. The van der Waals surface area contributed by atoms with Gasteiger partial charge in [0, 0.05) is 17.5 Å². The normalized spacial score (nSPS) is 17.7. The fourth-order valence-corrected chi connectivity index (χ4v) is 3.27. The van der Waals surface area contributed by atoms with Crippen LogP contribution in [0.5, 0.6) is 0 Å². The minimum absolute atomic E-state index is 0.00939. The van der Waals surface area contributed by atoms with Crippen LogP contribution in [0, 0.1) is 5.92 Å². The van der Waals surface area contributed by atoms with Crippen LogP contribution in [0.15, 0.2) is 24.3 Å². The van der Waals surface area contributed by atoms with Crippen LogP contribution in [0.25, 0.3) is 0 Å². The third-order valence-electron chi connectivity index (χ3n) is 4.16. The molecule has 21 heavy (non-hydrogen) atoms. The lowest BCUT2D eigenvalue weighted by atomic mass is 9.93. The van der Waals surface area contributed by atoms with E-state index in [2.05, 4.69) is 10.2 Å². The number of nitrogens with zero attached hydrogens (tertiary/aromatic N) is 1. The Kier molecular flexibility index (Phi) is 5.28. The Hall–Kier alpha value is -1.06. The number of rotatable bonds is 5. The van der Waals surface area contributed by atoms with Gasteiger partial charge in [-0.05, 0) is 51.4 Å². The Labute approximate surface area is 132 Å². The number of hydrogen-bond donors (Lipinski definition) is 1. The van der Waals surface area contributed by atoms with E-state index in [1.807, 2.05) is 45.0 Å². The van der Waals surface area contributed by atoms with Crippen LogP contribution < -0.4 is 5.32 Å². The van der Waals surface area contributed by atoms with Gasteiger partial charge in [-0.1, -0.05) is 36.7 Å². The molecule has 4 heteroatoms.